The van der Waals surface area contributed by atoms with Crippen LogP contribution in [0.1, 0.15) is 12.7 Å². The number of hydrogen-bond acceptors (Lipinski definition) is 5. The number of rotatable bonds is 5. The van der Waals surface area contributed by atoms with Gasteiger partial charge >= 0.3 is 0 Å². The molecule has 19 heavy (non-hydrogen) atoms. The second kappa shape index (κ2) is 6.70. The highest BCUT2D eigenvalue weighted by molar-refractivity contribution is 5.81. The summed E-state index contributed by atoms with van der Waals surface area (Å²) in [6.07, 6.45) is 1.60. The molecule has 6 heteroatoms. The van der Waals surface area contributed by atoms with Gasteiger partial charge in [0.05, 0.1) is 18.8 Å². The van der Waals surface area contributed by atoms with Gasteiger partial charge in [0.25, 0.3) is 0 Å². The van der Waals surface area contributed by atoms with Crippen LogP contribution in [0.4, 0.5) is 0 Å². The number of carbonyl (C=O) groups excluding carboxylic acids is 1. The Morgan fingerprint density at radius 3 is 2.79 bits per heavy atom. The van der Waals surface area contributed by atoms with Crippen molar-refractivity contribution in [2.45, 2.75) is 19.5 Å². The molecule has 0 spiro atoms. The third kappa shape index (κ3) is 4.34. The molecule has 1 aromatic heterocycles. The van der Waals surface area contributed by atoms with Crippen molar-refractivity contribution in [2.24, 2.45) is 0 Å². The maximum atomic E-state index is 11.9. The van der Waals surface area contributed by atoms with E-state index in [0.29, 0.717) is 6.54 Å². The maximum Gasteiger partial charge on any atom is 0.238 e. The van der Waals surface area contributed by atoms with Gasteiger partial charge in [0, 0.05) is 26.2 Å². The highest BCUT2D eigenvalue weighted by Gasteiger charge is 2.19. The van der Waals surface area contributed by atoms with Crippen LogP contribution < -0.4 is 10.7 Å². The summed E-state index contributed by atoms with van der Waals surface area (Å²) in [5, 5.41) is 4.96. The van der Waals surface area contributed by atoms with E-state index in [-0.39, 0.29) is 11.9 Å². The number of hydrogen-bond donors (Lipinski definition) is 2. The van der Waals surface area contributed by atoms with Crippen molar-refractivity contribution < 1.29 is 9.21 Å². The number of piperazine rings is 1. The van der Waals surface area contributed by atoms with Crippen LogP contribution in [0.5, 0.6) is 0 Å². The zero-order valence-corrected chi connectivity index (χ0v) is 11.6. The SMILES string of the molecule is CC(NN1CCN(C)CC1)C(=O)NCc1ccco1. The highest BCUT2D eigenvalue weighted by Crippen LogP contribution is 2.00. The van der Waals surface area contributed by atoms with Crippen molar-refractivity contribution in [3.05, 3.63) is 24.2 Å². The maximum absolute atomic E-state index is 11.9. The second-order valence-electron chi connectivity index (χ2n) is 4.94. The molecule has 2 N–H and O–H groups in total. The topological polar surface area (TPSA) is 60.8 Å². The van der Waals surface area contributed by atoms with E-state index in [0.717, 1.165) is 31.9 Å². The summed E-state index contributed by atoms with van der Waals surface area (Å²) in [6.45, 7) is 6.22. The third-order valence-electron chi connectivity index (χ3n) is 3.29. The first-order valence-corrected chi connectivity index (χ1v) is 6.65. The zero-order chi connectivity index (χ0) is 13.7. The van der Waals surface area contributed by atoms with Gasteiger partial charge in [0.15, 0.2) is 0 Å². The fourth-order valence-corrected chi connectivity index (χ4v) is 2.01. The average molecular weight is 266 g/mol. The lowest BCUT2D eigenvalue weighted by molar-refractivity contribution is -0.124. The van der Waals surface area contributed by atoms with Crippen LogP contribution in [0, 0.1) is 0 Å². The van der Waals surface area contributed by atoms with Crippen LogP contribution in [-0.2, 0) is 11.3 Å². The van der Waals surface area contributed by atoms with Gasteiger partial charge in [-0.1, -0.05) is 0 Å². The lowest BCUT2D eigenvalue weighted by Crippen LogP contribution is -2.56. The van der Waals surface area contributed by atoms with E-state index in [1.807, 2.05) is 19.1 Å². The Morgan fingerprint density at radius 2 is 2.16 bits per heavy atom. The van der Waals surface area contributed by atoms with Gasteiger partial charge in [-0.25, -0.2) is 10.4 Å². The van der Waals surface area contributed by atoms with Gasteiger partial charge in [-0.05, 0) is 26.1 Å². The molecule has 1 saturated heterocycles. The molecule has 1 fully saturated rings. The molecule has 0 radical (unpaired) electrons. The fourth-order valence-electron chi connectivity index (χ4n) is 2.01. The summed E-state index contributed by atoms with van der Waals surface area (Å²) in [5.74, 6) is 0.746. The first-order chi connectivity index (χ1) is 9.15. The molecule has 0 bridgehead atoms. The van der Waals surface area contributed by atoms with Crippen molar-refractivity contribution in [1.29, 1.82) is 0 Å². The first kappa shape index (κ1) is 14.0. The number of hydrazine groups is 1. The normalized spacial score (nSPS) is 19.3. The van der Waals surface area contributed by atoms with Gasteiger partial charge in [-0.3, -0.25) is 4.79 Å². The third-order valence-corrected chi connectivity index (χ3v) is 3.29. The van der Waals surface area contributed by atoms with Crippen LogP contribution in [0.2, 0.25) is 0 Å². The van der Waals surface area contributed by atoms with Crippen LogP contribution in [-0.4, -0.2) is 55.1 Å². The predicted molar refractivity (Wildman–Crippen MR) is 72.2 cm³/mol. The van der Waals surface area contributed by atoms with Crippen LogP contribution >= 0.6 is 0 Å². The van der Waals surface area contributed by atoms with Crippen LogP contribution in [0.15, 0.2) is 22.8 Å². The Hall–Kier alpha value is -1.37. The van der Waals surface area contributed by atoms with Gasteiger partial charge < -0.3 is 14.6 Å². The molecule has 1 amide bonds. The zero-order valence-electron chi connectivity index (χ0n) is 11.6. The van der Waals surface area contributed by atoms with Crippen molar-refractivity contribution in [3.8, 4) is 0 Å². The minimum Gasteiger partial charge on any atom is -0.467 e. The Bertz CT molecular complexity index is 385. The van der Waals surface area contributed by atoms with E-state index in [4.69, 9.17) is 4.42 Å². The summed E-state index contributed by atoms with van der Waals surface area (Å²) in [5.41, 5.74) is 3.23. The smallest absolute Gasteiger partial charge is 0.238 e. The molecule has 6 nitrogen and oxygen atoms in total. The summed E-state index contributed by atoms with van der Waals surface area (Å²) in [7, 11) is 2.11. The summed E-state index contributed by atoms with van der Waals surface area (Å²) in [4.78, 5) is 14.2. The van der Waals surface area contributed by atoms with Crippen molar-refractivity contribution in [1.82, 2.24) is 20.7 Å². The number of furan rings is 1. The molecule has 1 aliphatic rings. The quantitative estimate of drug-likeness (QED) is 0.788. The summed E-state index contributed by atoms with van der Waals surface area (Å²) >= 11 is 0. The van der Waals surface area contributed by atoms with Crippen LogP contribution in [0.25, 0.3) is 0 Å². The predicted octanol–water partition coefficient (Wildman–Crippen LogP) is 0.0363. The standard InChI is InChI=1S/C13H22N4O2/c1-11(15-17-7-5-16(2)6-8-17)13(18)14-10-12-4-3-9-19-12/h3-4,9,11,15H,5-8,10H2,1-2H3,(H,14,18). The molecule has 0 saturated carbocycles. The van der Waals surface area contributed by atoms with Crippen LogP contribution in [0.3, 0.4) is 0 Å². The molecule has 2 rings (SSSR count). The Morgan fingerprint density at radius 1 is 1.42 bits per heavy atom. The molecule has 1 aliphatic heterocycles. The van der Waals surface area contributed by atoms with Gasteiger partial charge in [-0.15, -0.1) is 0 Å². The number of likely N-dealkylation sites (N-methyl/N-ethyl adjacent to an activating group) is 1. The molecule has 0 aromatic carbocycles. The van der Waals surface area contributed by atoms with Gasteiger partial charge in [-0.2, -0.15) is 0 Å². The molecule has 0 aliphatic carbocycles. The number of nitrogens with one attached hydrogen (secondary N) is 2. The van der Waals surface area contributed by atoms with Gasteiger partial charge in [0.1, 0.15) is 5.76 Å². The molecule has 1 atom stereocenters. The second-order valence-corrected chi connectivity index (χ2v) is 4.94. The minimum absolute atomic E-state index is 0.0182. The molecule has 1 aromatic rings. The molecular formula is C13H22N4O2. The van der Waals surface area contributed by atoms with E-state index < -0.39 is 0 Å². The Balaban J connectivity index is 1.70. The number of nitrogens with zero attached hydrogens (tertiary/aromatic N) is 2. The summed E-state index contributed by atoms with van der Waals surface area (Å²) in [6, 6.07) is 3.42. The monoisotopic (exact) mass is 266 g/mol. The largest absolute Gasteiger partial charge is 0.467 e. The van der Waals surface area contributed by atoms with Crippen molar-refractivity contribution >= 4 is 5.91 Å². The molecule has 2 heterocycles. The lowest BCUT2D eigenvalue weighted by atomic mass is 10.3. The molecule has 106 valence electrons. The van der Waals surface area contributed by atoms with E-state index in [1.165, 1.54) is 0 Å². The van der Waals surface area contributed by atoms with Gasteiger partial charge in [0.2, 0.25) is 5.91 Å². The number of carbonyl (C=O) groups is 1. The van der Waals surface area contributed by atoms with Crippen molar-refractivity contribution in [2.75, 3.05) is 33.2 Å². The lowest BCUT2D eigenvalue weighted by Gasteiger charge is -2.34. The highest BCUT2D eigenvalue weighted by atomic mass is 16.3. The van der Waals surface area contributed by atoms with E-state index in [9.17, 15) is 4.79 Å². The Labute approximate surface area is 113 Å². The van der Waals surface area contributed by atoms with Crippen molar-refractivity contribution in [3.63, 3.8) is 0 Å². The average Bonchev–Trinajstić information content (AvgIpc) is 2.91. The molecule has 1 unspecified atom stereocenters. The van der Waals surface area contributed by atoms with E-state index in [1.54, 1.807) is 6.26 Å². The van der Waals surface area contributed by atoms with E-state index >= 15 is 0 Å². The number of amides is 1. The molecular weight excluding hydrogens is 244 g/mol. The fraction of sp³-hybridized carbons (Fsp3) is 0.615. The minimum atomic E-state index is -0.238. The first-order valence-electron chi connectivity index (χ1n) is 6.65. The van der Waals surface area contributed by atoms with E-state index in [2.05, 4.69) is 27.7 Å². The Kier molecular flexibility index (Phi) is 4.95. The summed E-state index contributed by atoms with van der Waals surface area (Å²) < 4.78 is 5.17.